The number of nitrogens with zero attached hydrogens (tertiary/aromatic N) is 3. The van der Waals surface area contributed by atoms with Gasteiger partial charge >= 0.3 is 11.9 Å². The highest BCUT2D eigenvalue weighted by Gasteiger charge is 2.31. The van der Waals surface area contributed by atoms with Crippen LogP contribution in [0.2, 0.25) is 0 Å². The van der Waals surface area contributed by atoms with Gasteiger partial charge < -0.3 is 15.7 Å². The highest BCUT2D eigenvalue weighted by Crippen LogP contribution is 2.27. The second-order valence-corrected chi connectivity index (χ2v) is 4.62. The normalized spacial score (nSPS) is 12.7. The lowest BCUT2D eigenvalue weighted by molar-refractivity contribution is -0.129. The molecule has 0 amide bonds. The average molecular weight is 369 g/mol. The van der Waals surface area contributed by atoms with Crippen molar-refractivity contribution >= 4 is 41.5 Å². The number of hydrazine groups is 2. The molecule has 25 heavy (non-hydrogen) atoms. The van der Waals surface area contributed by atoms with Gasteiger partial charge in [0.25, 0.3) is 5.84 Å². The number of carbonyl (C=O) groups is 2. The Morgan fingerprint density at radius 1 is 1.00 bits per heavy atom. The molecular weight excluding hydrogens is 352 g/mol. The van der Waals surface area contributed by atoms with E-state index in [0.717, 1.165) is 0 Å². The van der Waals surface area contributed by atoms with Crippen molar-refractivity contribution in [1.29, 1.82) is 1.17 Å². The molecule has 0 aromatic heterocycles. The molecule has 0 unspecified atom stereocenters. The summed E-state index contributed by atoms with van der Waals surface area (Å²) in [5, 5.41) is 25.1. The van der Waals surface area contributed by atoms with E-state index in [1.807, 2.05) is 6.07 Å². The van der Waals surface area contributed by atoms with E-state index in [-0.39, 0.29) is 22.6 Å². The van der Waals surface area contributed by atoms with Gasteiger partial charge in [-0.05, 0) is 24.3 Å². The molecule has 1 aliphatic rings. The first-order valence-corrected chi connectivity index (χ1v) is 6.64. The van der Waals surface area contributed by atoms with Gasteiger partial charge in [0.15, 0.2) is 0 Å². The van der Waals surface area contributed by atoms with Crippen LogP contribution in [0.1, 0.15) is 10.4 Å². The molecule has 0 saturated heterocycles. The van der Waals surface area contributed by atoms with Gasteiger partial charge in [0, 0.05) is 0 Å². The quantitative estimate of drug-likeness (QED) is 0.735. The van der Waals surface area contributed by atoms with Gasteiger partial charge in [0.2, 0.25) is 0 Å². The molecule has 132 valence electrons. The number of hydrogen-bond donors (Lipinski definition) is 3. The molecule has 1 aliphatic heterocycles. The predicted molar refractivity (Wildman–Crippen MR) is 93.9 cm³/mol. The summed E-state index contributed by atoms with van der Waals surface area (Å²) in [6.45, 7) is 0. The van der Waals surface area contributed by atoms with Crippen LogP contribution in [0.25, 0.3) is 0 Å². The van der Waals surface area contributed by atoms with Crippen molar-refractivity contribution in [2.24, 2.45) is 5.10 Å². The molecule has 0 spiro atoms. The van der Waals surface area contributed by atoms with Gasteiger partial charge in [-0.3, -0.25) is 5.43 Å². The summed E-state index contributed by atoms with van der Waals surface area (Å²) in [5.74, 6) is -2.69. The minimum Gasteiger partial charge on any atom is -0.478 e. The van der Waals surface area contributed by atoms with E-state index in [0.29, 0.717) is 5.69 Å². The van der Waals surface area contributed by atoms with Gasteiger partial charge in [0.1, 0.15) is 1.17 Å². The van der Waals surface area contributed by atoms with E-state index in [1.54, 1.807) is 42.5 Å². The molecule has 2 aromatic carbocycles. The summed E-state index contributed by atoms with van der Waals surface area (Å²) in [6, 6.07) is 15.0. The average Bonchev–Trinajstić information content (AvgIpc) is 3.09. The monoisotopic (exact) mass is 368 g/mol. The molecule has 9 nitrogen and oxygen atoms in total. The summed E-state index contributed by atoms with van der Waals surface area (Å²) >= 11 is 3.89. The Hall–Kier alpha value is -3.30. The highest BCUT2D eigenvalue weighted by atomic mass is 35.5. The van der Waals surface area contributed by atoms with Crippen molar-refractivity contribution in [3.8, 4) is 0 Å². The van der Waals surface area contributed by atoms with Crippen molar-refractivity contribution in [2.45, 2.75) is 0 Å². The van der Waals surface area contributed by atoms with Crippen molar-refractivity contribution in [1.82, 2.24) is 5.43 Å². The fourth-order valence-corrected chi connectivity index (χ4v) is 2.14. The van der Waals surface area contributed by atoms with Crippen LogP contribution in [-0.2, 0) is 4.79 Å². The maximum Gasteiger partial charge on any atom is 0.375 e. The predicted octanol–water partition coefficient (Wildman–Crippen LogP) is 1.13. The zero-order chi connectivity index (χ0) is 18.4. The second-order valence-electron chi connectivity index (χ2n) is 4.62. The molecule has 0 bridgehead atoms. The molecule has 0 atom stereocenters. The number of carboxylic acids is 2. The molecule has 0 aliphatic carbocycles. The van der Waals surface area contributed by atoms with Gasteiger partial charge in [0.05, 0.1) is 16.9 Å². The minimum atomic E-state index is -1.25. The number of anilines is 2. The first kappa shape index (κ1) is 18.0. The fraction of sp³-hybridized carbons (Fsp3) is 0. The lowest BCUT2D eigenvalue weighted by Crippen LogP contribution is -2.46. The first-order chi connectivity index (χ1) is 12.1. The number of aromatic carboxylic acids is 1. The van der Waals surface area contributed by atoms with E-state index in [2.05, 4.69) is 22.9 Å². The van der Waals surface area contributed by atoms with Crippen LogP contribution in [0.15, 0.2) is 59.7 Å². The first-order valence-electron chi connectivity index (χ1n) is 7.02. The molecule has 10 heteroatoms. The summed E-state index contributed by atoms with van der Waals surface area (Å²) in [6.07, 6.45) is 0. The fourth-order valence-electron chi connectivity index (χ4n) is 2.14. The largest absolute Gasteiger partial charge is 0.478 e. The zero-order valence-electron chi connectivity index (χ0n) is 13.6. The van der Waals surface area contributed by atoms with Crippen LogP contribution < -0.4 is 15.7 Å². The van der Waals surface area contributed by atoms with Crippen molar-refractivity contribution in [3.63, 3.8) is 0 Å². The Morgan fingerprint density at radius 3 is 2.20 bits per heavy atom. The number of aliphatic carboxylic acids is 1. The Labute approximate surface area is 149 Å². The van der Waals surface area contributed by atoms with Gasteiger partial charge in [-0.15, -0.1) is 17.4 Å². The molecule has 0 radical (unpaired) electrons. The minimum absolute atomic E-state index is 0. The molecule has 0 fully saturated rings. The summed E-state index contributed by atoms with van der Waals surface area (Å²) < 4.78 is 5.22. The van der Waals surface area contributed by atoms with Gasteiger partial charge in [-0.2, -0.15) is 10.2 Å². The summed E-state index contributed by atoms with van der Waals surface area (Å²) in [7, 11) is 0. The number of hydrazone groups is 1. The van der Waals surface area contributed by atoms with Crippen molar-refractivity contribution in [2.75, 3.05) is 10.2 Å². The number of nitrogens with one attached hydrogen (secondary N) is 1. The highest BCUT2D eigenvalue weighted by molar-refractivity contribution is 6.35. The van der Waals surface area contributed by atoms with Gasteiger partial charge in [-0.25, -0.2) is 9.59 Å². The van der Waals surface area contributed by atoms with Crippen LogP contribution in [0.3, 0.4) is 0 Å². The Morgan fingerprint density at radius 2 is 1.60 bits per heavy atom. The SMILES string of the molecule is O.O=C(O)C1=NN(c2ccccc2)N(c2ccccc2C(=O)O)N1.[3H]Cl. The Kier molecular flexibility index (Phi) is 5.77. The molecule has 3 rings (SSSR count). The van der Waals surface area contributed by atoms with E-state index in [1.165, 1.54) is 16.3 Å². The van der Waals surface area contributed by atoms with Crippen LogP contribution in [0, 0.1) is 0 Å². The third kappa shape index (κ3) is 3.79. The smallest absolute Gasteiger partial charge is 0.375 e. The van der Waals surface area contributed by atoms with Crippen LogP contribution in [0.4, 0.5) is 11.4 Å². The number of carboxylic acid groups (broad SMARTS) is 2. The number of hydrogen-bond acceptors (Lipinski definition) is 6. The molecule has 0 saturated carbocycles. The van der Waals surface area contributed by atoms with E-state index >= 15 is 0 Å². The maximum absolute atomic E-state index is 11.4. The molecule has 2 aromatic rings. The number of benzene rings is 2. The van der Waals surface area contributed by atoms with E-state index in [9.17, 15) is 14.7 Å². The number of halogens is 1. The molecule has 1 heterocycles. The Balaban J connectivity index is 0.00000109. The van der Waals surface area contributed by atoms with Crippen LogP contribution >= 0.6 is 12.3 Å². The molecule has 5 N–H and O–H groups in total. The van der Waals surface area contributed by atoms with Gasteiger partial charge in [-0.1, -0.05) is 30.3 Å². The van der Waals surface area contributed by atoms with E-state index < -0.39 is 11.9 Å². The summed E-state index contributed by atoms with van der Waals surface area (Å²) in [4.78, 5) is 22.6. The van der Waals surface area contributed by atoms with Crippen molar-refractivity contribution in [3.05, 3.63) is 60.2 Å². The Bertz CT molecular complexity index is 806. The standard InChI is InChI=1S/C15H12N4O4.ClH.H2O/c20-14(21)11-8-4-5-9-12(11)19-17-13(15(22)23)16-18(19)10-6-2-1-3-7-10;;/h1-9H,(H,16,17)(H,20,21)(H,22,23);1H;1H2/i/hT. The number of rotatable bonds is 4. The molecular formula is C15H15ClN4O5. The third-order valence-corrected chi connectivity index (χ3v) is 3.15. The van der Waals surface area contributed by atoms with Crippen LogP contribution in [0.5, 0.6) is 0 Å². The topological polar surface area (TPSA) is 137 Å². The zero-order valence-corrected chi connectivity index (χ0v) is 13.4. The lowest BCUT2D eigenvalue weighted by Gasteiger charge is -2.28. The second kappa shape index (κ2) is 7.99. The lowest BCUT2D eigenvalue weighted by atomic mass is 10.2. The van der Waals surface area contributed by atoms with Crippen LogP contribution in [-0.4, -0.2) is 34.6 Å². The summed E-state index contributed by atoms with van der Waals surface area (Å²) in [5.41, 5.74) is 3.46. The third-order valence-electron chi connectivity index (χ3n) is 3.15. The van der Waals surface area contributed by atoms with Crippen molar-refractivity contribution < 1.29 is 25.3 Å². The maximum atomic E-state index is 11.4. The number of amidine groups is 1. The van der Waals surface area contributed by atoms with E-state index in [4.69, 9.17) is 6.28 Å². The number of para-hydroxylation sites is 2.